The summed E-state index contributed by atoms with van der Waals surface area (Å²) in [5, 5.41) is 0.140. The predicted octanol–water partition coefficient (Wildman–Crippen LogP) is 3.51. The number of hydrogen-bond acceptors (Lipinski definition) is 2. The number of carbonyl (C=O) groups excluding carboxylic acids is 1. The lowest BCUT2D eigenvalue weighted by Gasteiger charge is -2.00. The molecule has 0 spiro atoms. The van der Waals surface area contributed by atoms with Crippen molar-refractivity contribution in [2.75, 3.05) is 0 Å². The summed E-state index contributed by atoms with van der Waals surface area (Å²) in [4.78, 5) is 11.3. The van der Waals surface area contributed by atoms with Crippen LogP contribution in [-0.2, 0) is 4.79 Å². The first kappa shape index (κ1) is 11.8. The van der Waals surface area contributed by atoms with Crippen LogP contribution in [0.1, 0.15) is 19.8 Å². The second kappa shape index (κ2) is 6.25. The number of halogens is 1. The summed E-state index contributed by atoms with van der Waals surface area (Å²) in [6, 6.07) is 9.19. The smallest absolute Gasteiger partial charge is 0.177 e. The van der Waals surface area contributed by atoms with Crippen LogP contribution >= 0.6 is 11.6 Å². The van der Waals surface area contributed by atoms with E-state index in [-0.39, 0.29) is 10.8 Å². The maximum atomic E-state index is 11.3. The SMILES string of the molecule is CCCC(=O)C(Cl)=COc1ccccc1. The normalized spacial score (nSPS) is 11.2. The summed E-state index contributed by atoms with van der Waals surface area (Å²) in [6.07, 6.45) is 2.52. The van der Waals surface area contributed by atoms with E-state index in [1.807, 2.05) is 25.1 Å². The van der Waals surface area contributed by atoms with Gasteiger partial charge in [-0.05, 0) is 18.6 Å². The molecule has 0 radical (unpaired) electrons. The summed E-state index contributed by atoms with van der Waals surface area (Å²) < 4.78 is 5.22. The van der Waals surface area contributed by atoms with Gasteiger partial charge in [0.2, 0.25) is 0 Å². The van der Waals surface area contributed by atoms with Crippen LogP contribution in [0.2, 0.25) is 0 Å². The zero-order chi connectivity index (χ0) is 11.1. The Kier molecular flexibility index (Phi) is 4.91. The molecule has 0 saturated heterocycles. The molecule has 3 heteroatoms. The van der Waals surface area contributed by atoms with Crippen LogP contribution in [0.4, 0.5) is 0 Å². The fraction of sp³-hybridized carbons (Fsp3) is 0.250. The standard InChI is InChI=1S/C12H13ClO2/c1-2-6-12(14)11(13)9-15-10-7-4-3-5-8-10/h3-5,7-9H,2,6H2,1H3. The summed E-state index contributed by atoms with van der Waals surface area (Å²) in [7, 11) is 0. The van der Waals surface area contributed by atoms with E-state index in [1.165, 1.54) is 6.26 Å². The maximum Gasteiger partial charge on any atom is 0.177 e. The predicted molar refractivity (Wildman–Crippen MR) is 60.9 cm³/mol. The van der Waals surface area contributed by atoms with Crippen LogP contribution in [0.15, 0.2) is 41.6 Å². The third-order valence-corrected chi connectivity index (χ3v) is 2.08. The molecular formula is C12H13ClO2. The minimum absolute atomic E-state index is 0.0879. The van der Waals surface area contributed by atoms with Gasteiger partial charge in [0.25, 0.3) is 0 Å². The van der Waals surface area contributed by atoms with Gasteiger partial charge in [0.1, 0.15) is 17.0 Å². The molecule has 1 aromatic carbocycles. The highest BCUT2D eigenvalue weighted by molar-refractivity contribution is 6.42. The van der Waals surface area contributed by atoms with Gasteiger partial charge in [-0.1, -0.05) is 36.7 Å². The van der Waals surface area contributed by atoms with Gasteiger partial charge in [0.05, 0.1) is 0 Å². The molecule has 1 rings (SSSR count). The third-order valence-electron chi connectivity index (χ3n) is 1.79. The topological polar surface area (TPSA) is 26.3 Å². The molecule has 1 aromatic rings. The molecule has 0 aliphatic heterocycles. The van der Waals surface area contributed by atoms with Gasteiger partial charge in [-0.3, -0.25) is 4.79 Å². The van der Waals surface area contributed by atoms with E-state index in [2.05, 4.69) is 0 Å². The zero-order valence-electron chi connectivity index (χ0n) is 8.57. The van der Waals surface area contributed by atoms with Crippen molar-refractivity contribution in [3.05, 3.63) is 41.6 Å². The number of rotatable bonds is 5. The highest BCUT2D eigenvalue weighted by Gasteiger charge is 2.05. The number of ether oxygens (including phenoxy) is 1. The first-order valence-corrected chi connectivity index (χ1v) is 5.22. The molecule has 0 fully saturated rings. The lowest BCUT2D eigenvalue weighted by molar-refractivity contribution is -0.115. The van der Waals surface area contributed by atoms with Crippen molar-refractivity contribution >= 4 is 17.4 Å². The molecule has 0 atom stereocenters. The number of benzene rings is 1. The lowest BCUT2D eigenvalue weighted by Crippen LogP contribution is -1.98. The molecule has 0 N–H and O–H groups in total. The molecule has 0 aliphatic carbocycles. The van der Waals surface area contributed by atoms with Crippen LogP contribution in [0, 0.1) is 0 Å². The van der Waals surface area contributed by atoms with Crippen molar-refractivity contribution in [3.8, 4) is 5.75 Å². The van der Waals surface area contributed by atoms with E-state index >= 15 is 0 Å². The van der Waals surface area contributed by atoms with Crippen molar-refractivity contribution in [1.82, 2.24) is 0 Å². The number of hydrogen-bond donors (Lipinski definition) is 0. The van der Waals surface area contributed by atoms with Crippen molar-refractivity contribution in [3.63, 3.8) is 0 Å². The number of ketones is 1. The van der Waals surface area contributed by atoms with Gasteiger partial charge in [0.15, 0.2) is 5.78 Å². The average Bonchev–Trinajstić information content (AvgIpc) is 2.27. The minimum Gasteiger partial charge on any atom is -0.463 e. The molecule has 2 nitrogen and oxygen atoms in total. The van der Waals surface area contributed by atoms with Gasteiger partial charge in [-0.15, -0.1) is 0 Å². The Bertz CT molecular complexity index is 344. The number of allylic oxidation sites excluding steroid dienone is 1. The Morgan fingerprint density at radius 3 is 2.67 bits per heavy atom. The first-order valence-electron chi connectivity index (χ1n) is 4.84. The quantitative estimate of drug-likeness (QED) is 0.565. The number of carbonyl (C=O) groups is 1. The monoisotopic (exact) mass is 224 g/mol. The fourth-order valence-corrected chi connectivity index (χ4v) is 1.17. The number of para-hydroxylation sites is 1. The van der Waals surface area contributed by atoms with Crippen LogP contribution in [-0.4, -0.2) is 5.78 Å². The van der Waals surface area contributed by atoms with Gasteiger partial charge in [-0.2, -0.15) is 0 Å². The van der Waals surface area contributed by atoms with Crippen molar-refractivity contribution in [2.24, 2.45) is 0 Å². The van der Waals surface area contributed by atoms with E-state index in [9.17, 15) is 4.79 Å². The van der Waals surface area contributed by atoms with E-state index < -0.39 is 0 Å². The molecular weight excluding hydrogens is 212 g/mol. The molecule has 0 amide bonds. The van der Waals surface area contributed by atoms with E-state index in [4.69, 9.17) is 16.3 Å². The van der Waals surface area contributed by atoms with Crippen molar-refractivity contribution < 1.29 is 9.53 Å². The van der Waals surface area contributed by atoms with Gasteiger partial charge in [0, 0.05) is 6.42 Å². The van der Waals surface area contributed by atoms with Gasteiger partial charge < -0.3 is 4.74 Å². The Labute approximate surface area is 94.5 Å². The Morgan fingerprint density at radius 1 is 1.40 bits per heavy atom. The summed E-state index contributed by atoms with van der Waals surface area (Å²) in [5.41, 5.74) is 0. The Morgan fingerprint density at radius 2 is 2.07 bits per heavy atom. The third kappa shape index (κ3) is 4.17. The largest absolute Gasteiger partial charge is 0.463 e. The second-order valence-corrected chi connectivity index (χ2v) is 3.48. The summed E-state index contributed by atoms with van der Waals surface area (Å²) in [6.45, 7) is 1.93. The Hall–Kier alpha value is -1.28. The Balaban J connectivity index is 2.54. The van der Waals surface area contributed by atoms with Crippen LogP contribution < -0.4 is 4.74 Å². The average molecular weight is 225 g/mol. The van der Waals surface area contributed by atoms with Gasteiger partial charge >= 0.3 is 0 Å². The van der Waals surface area contributed by atoms with E-state index in [0.717, 1.165) is 6.42 Å². The summed E-state index contributed by atoms with van der Waals surface area (Å²) in [5.74, 6) is 0.579. The molecule has 0 saturated carbocycles. The minimum atomic E-state index is -0.0879. The summed E-state index contributed by atoms with van der Waals surface area (Å²) >= 11 is 5.75. The zero-order valence-corrected chi connectivity index (χ0v) is 9.33. The highest BCUT2D eigenvalue weighted by atomic mass is 35.5. The molecule has 15 heavy (non-hydrogen) atoms. The van der Waals surface area contributed by atoms with E-state index in [1.54, 1.807) is 12.1 Å². The van der Waals surface area contributed by atoms with Crippen molar-refractivity contribution in [2.45, 2.75) is 19.8 Å². The molecule has 0 aliphatic rings. The maximum absolute atomic E-state index is 11.3. The molecule has 0 heterocycles. The van der Waals surface area contributed by atoms with Crippen LogP contribution in [0.25, 0.3) is 0 Å². The highest BCUT2D eigenvalue weighted by Crippen LogP contribution is 2.12. The van der Waals surface area contributed by atoms with Crippen molar-refractivity contribution in [1.29, 1.82) is 0 Å². The van der Waals surface area contributed by atoms with Crippen LogP contribution in [0.5, 0.6) is 5.75 Å². The molecule has 0 bridgehead atoms. The molecule has 80 valence electrons. The second-order valence-electron chi connectivity index (χ2n) is 3.07. The van der Waals surface area contributed by atoms with E-state index in [0.29, 0.717) is 12.2 Å². The van der Waals surface area contributed by atoms with Gasteiger partial charge in [-0.25, -0.2) is 0 Å². The molecule has 0 unspecified atom stereocenters. The first-order chi connectivity index (χ1) is 7.24. The number of Topliss-reactive ketones (excluding diaryl/α,β-unsaturated/α-hetero) is 1. The fourth-order valence-electron chi connectivity index (χ4n) is 1.03. The molecule has 0 aromatic heterocycles. The van der Waals surface area contributed by atoms with Crippen LogP contribution in [0.3, 0.4) is 0 Å². The lowest BCUT2D eigenvalue weighted by atomic mass is 10.2.